The van der Waals surface area contributed by atoms with Crippen molar-refractivity contribution in [2.75, 3.05) is 6.61 Å². The molecule has 15 heavy (non-hydrogen) atoms. The third-order valence-corrected chi connectivity index (χ3v) is 3.26. The fourth-order valence-electron chi connectivity index (χ4n) is 2.24. The molecule has 3 atom stereocenters. The first-order valence-corrected chi connectivity index (χ1v) is 5.99. The van der Waals surface area contributed by atoms with E-state index in [2.05, 4.69) is 44.2 Å². The van der Waals surface area contributed by atoms with E-state index in [-0.39, 0.29) is 0 Å². The average molecular weight is 204 g/mol. The molecule has 1 heteroatoms. The highest BCUT2D eigenvalue weighted by molar-refractivity contribution is 5.26. The standard InChI is InChI=1S/C14H20O/c1-3-9-15-11(2)13-10-14(13)12-7-5-4-6-8-12/h4-8,11,13-14H,3,9-10H2,1-2H3/t11-,13-,14-/m1/s1. The van der Waals surface area contributed by atoms with E-state index >= 15 is 0 Å². The van der Waals surface area contributed by atoms with E-state index < -0.39 is 0 Å². The van der Waals surface area contributed by atoms with Crippen LogP contribution in [0.1, 0.15) is 38.2 Å². The molecule has 0 heterocycles. The number of hydrogen-bond acceptors (Lipinski definition) is 1. The lowest BCUT2D eigenvalue weighted by molar-refractivity contribution is 0.0503. The van der Waals surface area contributed by atoms with E-state index in [1.165, 1.54) is 12.0 Å². The maximum absolute atomic E-state index is 5.77. The second-order valence-electron chi connectivity index (χ2n) is 4.49. The topological polar surface area (TPSA) is 9.23 Å². The molecule has 0 aliphatic heterocycles. The molecule has 0 N–H and O–H groups in total. The van der Waals surface area contributed by atoms with E-state index in [1.54, 1.807) is 0 Å². The normalized spacial score (nSPS) is 26.3. The van der Waals surface area contributed by atoms with Crippen molar-refractivity contribution in [3.05, 3.63) is 35.9 Å². The van der Waals surface area contributed by atoms with E-state index in [0.717, 1.165) is 24.9 Å². The van der Waals surface area contributed by atoms with Crippen molar-refractivity contribution in [2.24, 2.45) is 5.92 Å². The van der Waals surface area contributed by atoms with Crippen molar-refractivity contribution in [2.45, 2.75) is 38.7 Å². The van der Waals surface area contributed by atoms with Crippen LogP contribution in [0.4, 0.5) is 0 Å². The maximum atomic E-state index is 5.77. The van der Waals surface area contributed by atoms with Gasteiger partial charge in [0.05, 0.1) is 6.10 Å². The van der Waals surface area contributed by atoms with Crippen molar-refractivity contribution in [1.82, 2.24) is 0 Å². The summed E-state index contributed by atoms with van der Waals surface area (Å²) in [5, 5.41) is 0. The summed E-state index contributed by atoms with van der Waals surface area (Å²) in [6.45, 7) is 5.27. The fourth-order valence-corrected chi connectivity index (χ4v) is 2.24. The summed E-state index contributed by atoms with van der Waals surface area (Å²) < 4.78 is 5.77. The Labute approximate surface area is 92.5 Å². The van der Waals surface area contributed by atoms with Crippen LogP contribution < -0.4 is 0 Å². The summed E-state index contributed by atoms with van der Waals surface area (Å²) in [5.74, 6) is 1.50. The summed E-state index contributed by atoms with van der Waals surface area (Å²) in [6, 6.07) is 10.8. The van der Waals surface area contributed by atoms with Crippen molar-refractivity contribution in [3.63, 3.8) is 0 Å². The lowest BCUT2D eigenvalue weighted by atomic mass is 10.1. The average Bonchev–Trinajstić information content (AvgIpc) is 3.07. The van der Waals surface area contributed by atoms with Crippen molar-refractivity contribution in [1.29, 1.82) is 0 Å². The fraction of sp³-hybridized carbons (Fsp3) is 0.571. The van der Waals surface area contributed by atoms with Crippen LogP contribution in [0, 0.1) is 5.92 Å². The minimum atomic E-state index is 0.426. The summed E-state index contributed by atoms with van der Waals surface area (Å²) in [4.78, 5) is 0. The Morgan fingerprint density at radius 1 is 1.33 bits per heavy atom. The van der Waals surface area contributed by atoms with Gasteiger partial charge in [0.15, 0.2) is 0 Å². The molecule has 1 aliphatic carbocycles. The third-order valence-electron chi connectivity index (χ3n) is 3.26. The SMILES string of the molecule is CCCO[C@H](C)[C@H]1C[C@@H]1c1ccccc1. The quantitative estimate of drug-likeness (QED) is 0.712. The molecule has 0 spiro atoms. The largest absolute Gasteiger partial charge is 0.378 e. The van der Waals surface area contributed by atoms with Crippen LogP contribution in [0.2, 0.25) is 0 Å². The van der Waals surface area contributed by atoms with Crippen LogP contribution in [0.5, 0.6) is 0 Å². The molecule has 0 saturated heterocycles. The number of benzene rings is 1. The second-order valence-corrected chi connectivity index (χ2v) is 4.49. The third kappa shape index (κ3) is 2.60. The van der Waals surface area contributed by atoms with Gasteiger partial charge in [0.25, 0.3) is 0 Å². The molecule has 1 aromatic rings. The van der Waals surface area contributed by atoms with Gasteiger partial charge in [0.2, 0.25) is 0 Å². The number of ether oxygens (including phenoxy) is 1. The van der Waals surface area contributed by atoms with Gasteiger partial charge in [-0.05, 0) is 37.2 Å². The molecule has 1 nitrogen and oxygen atoms in total. The molecule has 0 aromatic heterocycles. The van der Waals surface area contributed by atoms with Crippen LogP contribution in [0.15, 0.2) is 30.3 Å². The first-order valence-electron chi connectivity index (χ1n) is 5.99. The summed E-state index contributed by atoms with van der Waals surface area (Å²) in [7, 11) is 0. The molecular formula is C14H20O. The van der Waals surface area contributed by atoms with Crippen LogP contribution in [-0.2, 0) is 4.74 Å². The van der Waals surface area contributed by atoms with Crippen LogP contribution in [-0.4, -0.2) is 12.7 Å². The van der Waals surface area contributed by atoms with Crippen molar-refractivity contribution >= 4 is 0 Å². The van der Waals surface area contributed by atoms with Crippen LogP contribution in [0.3, 0.4) is 0 Å². The molecule has 1 fully saturated rings. The zero-order chi connectivity index (χ0) is 10.7. The molecule has 0 radical (unpaired) electrons. The Bertz CT molecular complexity index is 293. The van der Waals surface area contributed by atoms with Gasteiger partial charge in [-0.1, -0.05) is 37.3 Å². The van der Waals surface area contributed by atoms with Gasteiger partial charge < -0.3 is 4.74 Å². The molecule has 1 aliphatic rings. The minimum absolute atomic E-state index is 0.426. The number of rotatable bonds is 5. The van der Waals surface area contributed by atoms with E-state index in [0.29, 0.717) is 6.10 Å². The molecule has 0 unspecified atom stereocenters. The maximum Gasteiger partial charge on any atom is 0.0581 e. The van der Waals surface area contributed by atoms with Crippen LogP contribution >= 0.6 is 0 Å². The zero-order valence-electron chi connectivity index (χ0n) is 9.65. The second kappa shape index (κ2) is 4.80. The lowest BCUT2D eigenvalue weighted by Crippen LogP contribution is -2.12. The van der Waals surface area contributed by atoms with Crippen molar-refractivity contribution < 1.29 is 4.74 Å². The monoisotopic (exact) mass is 204 g/mol. The Kier molecular flexibility index (Phi) is 3.42. The van der Waals surface area contributed by atoms with Gasteiger partial charge in [-0.3, -0.25) is 0 Å². The first-order chi connectivity index (χ1) is 7.33. The van der Waals surface area contributed by atoms with Gasteiger partial charge in [0.1, 0.15) is 0 Å². The van der Waals surface area contributed by atoms with Gasteiger partial charge in [-0.2, -0.15) is 0 Å². The van der Waals surface area contributed by atoms with Crippen molar-refractivity contribution in [3.8, 4) is 0 Å². The molecule has 0 bridgehead atoms. The van der Waals surface area contributed by atoms with E-state index in [9.17, 15) is 0 Å². The molecule has 1 aromatic carbocycles. The smallest absolute Gasteiger partial charge is 0.0581 e. The molecule has 0 amide bonds. The van der Waals surface area contributed by atoms with E-state index in [1.807, 2.05) is 0 Å². The minimum Gasteiger partial charge on any atom is -0.378 e. The Morgan fingerprint density at radius 2 is 2.07 bits per heavy atom. The van der Waals surface area contributed by atoms with E-state index in [4.69, 9.17) is 4.74 Å². The predicted molar refractivity (Wildman–Crippen MR) is 63.0 cm³/mol. The number of hydrogen-bond donors (Lipinski definition) is 0. The van der Waals surface area contributed by atoms with Gasteiger partial charge in [0, 0.05) is 6.61 Å². The highest BCUT2D eigenvalue weighted by Crippen LogP contribution is 2.50. The highest BCUT2D eigenvalue weighted by atomic mass is 16.5. The Hall–Kier alpha value is -0.820. The Balaban J connectivity index is 1.85. The molecule has 2 rings (SSSR count). The highest BCUT2D eigenvalue weighted by Gasteiger charge is 2.42. The van der Waals surface area contributed by atoms with Crippen LogP contribution in [0.25, 0.3) is 0 Å². The molecular weight excluding hydrogens is 184 g/mol. The lowest BCUT2D eigenvalue weighted by Gasteiger charge is -2.11. The Morgan fingerprint density at radius 3 is 2.73 bits per heavy atom. The summed E-state index contributed by atoms with van der Waals surface area (Å²) >= 11 is 0. The molecule has 1 saturated carbocycles. The first kappa shape index (κ1) is 10.7. The van der Waals surface area contributed by atoms with Gasteiger partial charge >= 0.3 is 0 Å². The molecule has 82 valence electrons. The summed E-state index contributed by atoms with van der Waals surface area (Å²) in [5.41, 5.74) is 1.48. The predicted octanol–water partition coefficient (Wildman–Crippen LogP) is 3.61. The zero-order valence-corrected chi connectivity index (χ0v) is 9.65. The van der Waals surface area contributed by atoms with Gasteiger partial charge in [-0.15, -0.1) is 0 Å². The van der Waals surface area contributed by atoms with Gasteiger partial charge in [-0.25, -0.2) is 0 Å². The summed E-state index contributed by atoms with van der Waals surface area (Å²) in [6.07, 6.45) is 2.84.